The van der Waals surface area contributed by atoms with Gasteiger partial charge in [-0.05, 0) is 37.1 Å². The Bertz CT molecular complexity index is 986. The SMILES string of the molecule is COc1cccc(-n2c(SCC(=O)NC3CCCCC3)nnc2-c2ccncc2)c1. The minimum Gasteiger partial charge on any atom is -0.497 e. The maximum atomic E-state index is 12.5. The number of rotatable bonds is 7. The molecule has 2 aromatic heterocycles. The first-order valence-electron chi connectivity index (χ1n) is 10.2. The zero-order valence-electron chi connectivity index (χ0n) is 17.0. The van der Waals surface area contributed by atoms with Gasteiger partial charge in [0.1, 0.15) is 5.75 Å². The summed E-state index contributed by atoms with van der Waals surface area (Å²) in [6.45, 7) is 0. The molecular weight excluding hydrogens is 398 g/mol. The number of nitrogens with zero attached hydrogens (tertiary/aromatic N) is 4. The molecule has 1 aliphatic rings. The Kier molecular flexibility index (Phi) is 6.63. The minimum absolute atomic E-state index is 0.0394. The minimum atomic E-state index is 0.0394. The zero-order valence-corrected chi connectivity index (χ0v) is 17.8. The van der Waals surface area contributed by atoms with Crippen LogP contribution in [-0.2, 0) is 4.79 Å². The van der Waals surface area contributed by atoms with Crippen LogP contribution in [0.2, 0.25) is 0 Å². The van der Waals surface area contributed by atoms with Gasteiger partial charge < -0.3 is 10.1 Å². The number of carbonyl (C=O) groups is 1. The Hall–Kier alpha value is -2.87. The summed E-state index contributed by atoms with van der Waals surface area (Å²) in [7, 11) is 1.64. The number of benzene rings is 1. The largest absolute Gasteiger partial charge is 0.497 e. The number of carbonyl (C=O) groups excluding carboxylic acids is 1. The Labute approximate surface area is 180 Å². The van der Waals surface area contributed by atoms with E-state index < -0.39 is 0 Å². The van der Waals surface area contributed by atoms with Crippen LogP contribution in [0.5, 0.6) is 5.75 Å². The van der Waals surface area contributed by atoms with E-state index in [0.717, 1.165) is 29.8 Å². The summed E-state index contributed by atoms with van der Waals surface area (Å²) in [5, 5.41) is 12.6. The van der Waals surface area contributed by atoms with E-state index in [1.165, 1.54) is 31.0 Å². The number of hydrogen-bond acceptors (Lipinski definition) is 6. The molecule has 156 valence electrons. The highest BCUT2D eigenvalue weighted by Gasteiger charge is 2.19. The molecule has 0 saturated heterocycles. The summed E-state index contributed by atoms with van der Waals surface area (Å²) in [5.41, 5.74) is 1.78. The summed E-state index contributed by atoms with van der Waals surface area (Å²) in [6.07, 6.45) is 9.25. The Morgan fingerprint density at radius 1 is 1.17 bits per heavy atom. The summed E-state index contributed by atoms with van der Waals surface area (Å²) in [6, 6.07) is 11.8. The maximum Gasteiger partial charge on any atom is 0.230 e. The van der Waals surface area contributed by atoms with Gasteiger partial charge >= 0.3 is 0 Å². The van der Waals surface area contributed by atoms with E-state index >= 15 is 0 Å². The molecule has 1 fully saturated rings. The number of aromatic nitrogens is 4. The van der Waals surface area contributed by atoms with Gasteiger partial charge in [0.25, 0.3) is 0 Å². The molecule has 0 radical (unpaired) electrons. The number of thioether (sulfide) groups is 1. The van der Waals surface area contributed by atoms with Crippen molar-refractivity contribution in [3.8, 4) is 22.8 Å². The predicted octanol–water partition coefficient (Wildman–Crippen LogP) is 3.88. The van der Waals surface area contributed by atoms with Crippen LogP contribution in [0.25, 0.3) is 17.1 Å². The van der Waals surface area contributed by atoms with Crippen molar-refractivity contribution >= 4 is 17.7 Å². The normalized spacial score (nSPS) is 14.4. The molecule has 1 saturated carbocycles. The molecule has 0 spiro atoms. The van der Waals surface area contributed by atoms with E-state index in [9.17, 15) is 4.79 Å². The van der Waals surface area contributed by atoms with Gasteiger partial charge in [-0.25, -0.2) is 0 Å². The monoisotopic (exact) mass is 423 g/mol. The first-order chi connectivity index (χ1) is 14.7. The molecular formula is C22H25N5O2S. The average Bonchev–Trinajstić information content (AvgIpc) is 3.23. The highest BCUT2D eigenvalue weighted by molar-refractivity contribution is 7.99. The molecule has 3 aromatic rings. The molecule has 7 nitrogen and oxygen atoms in total. The molecule has 0 unspecified atom stereocenters. The van der Waals surface area contributed by atoms with Crippen LogP contribution in [0.4, 0.5) is 0 Å². The van der Waals surface area contributed by atoms with Crippen LogP contribution >= 0.6 is 11.8 Å². The number of amides is 1. The Morgan fingerprint density at radius 3 is 2.73 bits per heavy atom. The second-order valence-corrected chi connectivity index (χ2v) is 8.21. The van der Waals surface area contributed by atoms with E-state index in [1.807, 2.05) is 41.0 Å². The third-order valence-corrected chi connectivity index (χ3v) is 6.11. The number of ether oxygens (including phenoxy) is 1. The van der Waals surface area contributed by atoms with Crippen molar-refractivity contribution in [2.45, 2.75) is 43.3 Å². The van der Waals surface area contributed by atoms with E-state index in [4.69, 9.17) is 4.74 Å². The standard InChI is InChI=1S/C22H25N5O2S/c1-29-19-9-5-8-18(14-19)27-21(16-10-12-23-13-11-16)25-26-22(27)30-15-20(28)24-17-6-3-2-4-7-17/h5,8-14,17H,2-4,6-7,15H2,1H3,(H,24,28). The van der Waals surface area contributed by atoms with Gasteiger partial charge in [0.05, 0.1) is 18.6 Å². The van der Waals surface area contributed by atoms with Crippen LogP contribution in [0, 0.1) is 0 Å². The van der Waals surface area contributed by atoms with Gasteiger partial charge in [0, 0.05) is 30.1 Å². The molecule has 30 heavy (non-hydrogen) atoms. The molecule has 1 aromatic carbocycles. The van der Waals surface area contributed by atoms with Gasteiger partial charge in [-0.3, -0.25) is 14.3 Å². The number of hydrogen-bond donors (Lipinski definition) is 1. The van der Waals surface area contributed by atoms with Gasteiger partial charge in [-0.1, -0.05) is 37.1 Å². The lowest BCUT2D eigenvalue weighted by atomic mass is 9.95. The van der Waals surface area contributed by atoms with Crippen LogP contribution in [-0.4, -0.2) is 44.6 Å². The van der Waals surface area contributed by atoms with Crippen molar-refractivity contribution in [3.05, 3.63) is 48.8 Å². The molecule has 0 aliphatic heterocycles. The Morgan fingerprint density at radius 2 is 1.97 bits per heavy atom. The molecule has 2 heterocycles. The van der Waals surface area contributed by atoms with E-state index in [2.05, 4.69) is 20.5 Å². The maximum absolute atomic E-state index is 12.5. The molecule has 1 amide bonds. The summed E-state index contributed by atoms with van der Waals surface area (Å²) in [5.74, 6) is 1.78. The number of nitrogens with one attached hydrogen (secondary N) is 1. The average molecular weight is 424 g/mol. The molecule has 1 aliphatic carbocycles. The molecule has 4 rings (SSSR count). The first kappa shape index (κ1) is 20.4. The Balaban J connectivity index is 1.58. The van der Waals surface area contributed by atoms with Gasteiger partial charge in [-0.15, -0.1) is 10.2 Å². The fourth-order valence-electron chi connectivity index (χ4n) is 3.68. The van der Waals surface area contributed by atoms with Crippen LogP contribution in [0.1, 0.15) is 32.1 Å². The smallest absolute Gasteiger partial charge is 0.230 e. The lowest BCUT2D eigenvalue weighted by molar-refractivity contribution is -0.119. The van der Waals surface area contributed by atoms with Crippen molar-refractivity contribution in [2.24, 2.45) is 0 Å². The lowest BCUT2D eigenvalue weighted by Crippen LogP contribution is -2.37. The first-order valence-corrected chi connectivity index (χ1v) is 11.2. The van der Waals surface area contributed by atoms with E-state index in [-0.39, 0.29) is 5.91 Å². The van der Waals surface area contributed by atoms with Crippen molar-refractivity contribution in [3.63, 3.8) is 0 Å². The van der Waals surface area contributed by atoms with Crippen LogP contribution < -0.4 is 10.1 Å². The van der Waals surface area contributed by atoms with Gasteiger partial charge in [0.15, 0.2) is 11.0 Å². The third kappa shape index (κ3) is 4.81. The van der Waals surface area contributed by atoms with Crippen molar-refractivity contribution in [2.75, 3.05) is 12.9 Å². The quantitative estimate of drug-likeness (QED) is 0.581. The molecule has 8 heteroatoms. The van der Waals surface area contributed by atoms with Gasteiger partial charge in [-0.2, -0.15) is 0 Å². The zero-order chi connectivity index (χ0) is 20.8. The fourth-order valence-corrected chi connectivity index (χ4v) is 4.44. The lowest BCUT2D eigenvalue weighted by Gasteiger charge is -2.22. The van der Waals surface area contributed by atoms with Crippen LogP contribution in [0.15, 0.2) is 53.9 Å². The summed E-state index contributed by atoms with van der Waals surface area (Å²) < 4.78 is 7.34. The van der Waals surface area contributed by atoms with Crippen molar-refractivity contribution in [1.29, 1.82) is 0 Å². The highest BCUT2D eigenvalue weighted by atomic mass is 32.2. The summed E-state index contributed by atoms with van der Waals surface area (Å²) in [4.78, 5) is 16.6. The second-order valence-electron chi connectivity index (χ2n) is 7.27. The third-order valence-electron chi connectivity index (χ3n) is 5.19. The van der Waals surface area contributed by atoms with Gasteiger partial charge in [0.2, 0.25) is 5.91 Å². The van der Waals surface area contributed by atoms with Crippen molar-refractivity contribution in [1.82, 2.24) is 25.1 Å². The second kappa shape index (κ2) is 9.75. The number of pyridine rings is 1. The number of methoxy groups -OCH3 is 1. The molecule has 0 bridgehead atoms. The topological polar surface area (TPSA) is 81.9 Å². The summed E-state index contributed by atoms with van der Waals surface area (Å²) >= 11 is 1.39. The van der Waals surface area contributed by atoms with Crippen molar-refractivity contribution < 1.29 is 9.53 Å². The van der Waals surface area contributed by atoms with E-state index in [0.29, 0.717) is 22.8 Å². The highest BCUT2D eigenvalue weighted by Crippen LogP contribution is 2.29. The van der Waals surface area contributed by atoms with Crippen LogP contribution in [0.3, 0.4) is 0 Å². The predicted molar refractivity (Wildman–Crippen MR) is 117 cm³/mol. The fraction of sp³-hybridized carbons (Fsp3) is 0.364. The molecule has 0 atom stereocenters. The van der Waals surface area contributed by atoms with E-state index in [1.54, 1.807) is 19.5 Å². The molecule has 1 N–H and O–H groups in total.